The highest BCUT2D eigenvalue weighted by Crippen LogP contribution is 2.35. The van der Waals surface area contributed by atoms with Gasteiger partial charge >= 0.3 is 0 Å². The highest BCUT2D eigenvalue weighted by molar-refractivity contribution is 6.08. The van der Waals surface area contributed by atoms with E-state index in [1.807, 2.05) is 70.7 Å². The molecule has 1 aliphatic heterocycles. The number of rotatable bonds is 7. The lowest BCUT2D eigenvalue weighted by Crippen LogP contribution is -2.32. The maximum atomic E-state index is 13.9. The smallest absolute Gasteiger partial charge is 0.258 e. The van der Waals surface area contributed by atoms with Crippen LogP contribution in [0.5, 0.6) is 5.75 Å². The van der Waals surface area contributed by atoms with Gasteiger partial charge in [-0.2, -0.15) is 0 Å². The number of aryl methyl sites for hydroxylation is 1. The summed E-state index contributed by atoms with van der Waals surface area (Å²) in [5.41, 5.74) is 5.62. The molecular formula is C31H31N5O2. The minimum atomic E-state index is -0.0238. The van der Waals surface area contributed by atoms with Gasteiger partial charge in [0.05, 0.1) is 24.3 Å². The summed E-state index contributed by atoms with van der Waals surface area (Å²) in [7, 11) is 0. The number of ether oxygens (including phenoxy) is 1. The molecule has 1 aliphatic rings. The van der Waals surface area contributed by atoms with Gasteiger partial charge in [-0.05, 0) is 79.2 Å². The second kappa shape index (κ2) is 10.5. The van der Waals surface area contributed by atoms with Gasteiger partial charge in [-0.3, -0.25) is 4.79 Å². The Morgan fingerprint density at radius 1 is 1.11 bits per heavy atom. The molecule has 0 unspecified atom stereocenters. The molecule has 1 amide bonds. The Morgan fingerprint density at radius 2 is 2.03 bits per heavy atom. The molecule has 0 radical (unpaired) electrons. The Morgan fingerprint density at radius 3 is 2.92 bits per heavy atom. The lowest BCUT2D eigenvalue weighted by Gasteiger charge is -2.23. The Hall–Kier alpha value is -4.52. The van der Waals surface area contributed by atoms with E-state index < -0.39 is 0 Å². The summed E-state index contributed by atoms with van der Waals surface area (Å²) in [5.74, 6) is 0.690. The van der Waals surface area contributed by atoms with Crippen molar-refractivity contribution in [1.29, 1.82) is 0 Å². The first-order valence-electron chi connectivity index (χ1n) is 13.1. The molecule has 0 spiro atoms. The van der Waals surface area contributed by atoms with Crippen molar-refractivity contribution in [2.75, 3.05) is 23.4 Å². The van der Waals surface area contributed by atoms with Crippen molar-refractivity contribution < 1.29 is 9.53 Å². The monoisotopic (exact) mass is 505 g/mol. The van der Waals surface area contributed by atoms with Gasteiger partial charge in [0, 0.05) is 54.4 Å². The lowest BCUT2D eigenvalue weighted by molar-refractivity contribution is 0.0986. The number of carbonyl (C=O) groups excluding carboxylic acids is 1. The van der Waals surface area contributed by atoms with Gasteiger partial charge in [-0.15, -0.1) is 0 Å². The molecule has 6 rings (SSSR count). The quantitative estimate of drug-likeness (QED) is 0.253. The van der Waals surface area contributed by atoms with Gasteiger partial charge in [-0.1, -0.05) is 18.2 Å². The largest absolute Gasteiger partial charge is 0.493 e. The van der Waals surface area contributed by atoms with Gasteiger partial charge in [0.2, 0.25) is 0 Å². The van der Waals surface area contributed by atoms with Crippen molar-refractivity contribution in [2.24, 2.45) is 0 Å². The molecule has 3 heterocycles. The van der Waals surface area contributed by atoms with E-state index in [2.05, 4.69) is 46.5 Å². The fourth-order valence-electron chi connectivity index (χ4n) is 5.06. The first kappa shape index (κ1) is 23.9. The molecule has 3 aromatic carbocycles. The van der Waals surface area contributed by atoms with Gasteiger partial charge in [0.25, 0.3) is 5.91 Å². The van der Waals surface area contributed by atoms with E-state index >= 15 is 0 Å². The third-order valence-electron chi connectivity index (χ3n) is 7.10. The van der Waals surface area contributed by atoms with E-state index in [0.29, 0.717) is 24.5 Å². The van der Waals surface area contributed by atoms with E-state index in [4.69, 9.17) is 4.74 Å². The second-order valence-corrected chi connectivity index (χ2v) is 9.80. The fraction of sp³-hybridized carbons (Fsp3) is 0.226. The van der Waals surface area contributed by atoms with Crippen molar-refractivity contribution in [3.8, 4) is 16.9 Å². The van der Waals surface area contributed by atoms with Crippen LogP contribution in [0.1, 0.15) is 30.1 Å². The average molecular weight is 506 g/mol. The summed E-state index contributed by atoms with van der Waals surface area (Å²) in [6, 6.07) is 22.5. The molecule has 1 atom stereocenters. The number of H-pyrrole nitrogens is 1. The zero-order valence-corrected chi connectivity index (χ0v) is 21.4. The van der Waals surface area contributed by atoms with Crippen LogP contribution in [0.2, 0.25) is 0 Å². The van der Waals surface area contributed by atoms with Gasteiger partial charge in [0.15, 0.2) is 0 Å². The van der Waals surface area contributed by atoms with Crippen LogP contribution in [-0.4, -0.2) is 39.6 Å². The lowest BCUT2D eigenvalue weighted by atomic mass is 10.0. The van der Waals surface area contributed by atoms with E-state index in [0.717, 1.165) is 52.8 Å². The number of fused-ring (bicyclic) bond motifs is 2. The summed E-state index contributed by atoms with van der Waals surface area (Å²) >= 11 is 0. The first-order chi connectivity index (χ1) is 18.7. The van der Waals surface area contributed by atoms with Crippen molar-refractivity contribution in [2.45, 2.75) is 32.4 Å². The highest BCUT2D eigenvalue weighted by Gasteiger charge is 2.25. The Labute approximate surface area is 222 Å². The minimum absolute atomic E-state index is 0.0238. The average Bonchev–Trinajstić information content (AvgIpc) is 3.60. The zero-order valence-electron chi connectivity index (χ0n) is 21.4. The van der Waals surface area contributed by atoms with Crippen molar-refractivity contribution in [1.82, 2.24) is 14.5 Å². The number of anilines is 2. The molecule has 192 valence electrons. The summed E-state index contributed by atoms with van der Waals surface area (Å²) in [4.78, 5) is 23.1. The molecule has 7 nitrogen and oxygen atoms in total. The fourth-order valence-corrected chi connectivity index (χ4v) is 5.06. The molecule has 0 saturated heterocycles. The number of benzene rings is 3. The van der Waals surface area contributed by atoms with E-state index in [1.165, 1.54) is 0 Å². The number of aromatic amines is 1. The number of amides is 1. The van der Waals surface area contributed by atoms with Crippen LogP contribution in [0, 0.1) is 0 Å². The SMILES string of the molecule is C[C@H]1CCN(C(=O)c2ccc(-c3ccc4[nH]ccc4c3)c(OCCCn3ccnc3)c2)c2ccccc2N1. The molecule has 7 heteroatoms. The predicted molar refractivity (Wildman–Crippen MR) is 152 cm³/mol. The Kier molecular flexibility index (Phi) is 6.56. The molecule has 5 aromatic rings. The zero-order chi connectivity index (χ0) is 25.9. The van der Waals surface area contributed by atoms with Gasteiger partial charge in [-0.25, -0.2) is 4.98 Å². The van der Waals surface area contributed by atoms with E-state index in [-0.39, 0.29) is 11.9 Å². The maximum absolute atomic E-state index is 13.9. The summed E-state index contributed by atoms with van der Waals surface area (Å²) in [6.45, 7) is 4.15. The molecule has 0 fully saturated rings. The maximum Gasteiger partial charge on any atom is 0.258 e. The minimum Gasteiger partial charge on any atom is -0.493 e. The van der Waals surface area contributed by atoms with E-state index in [9.17, 15) is 4.79 Å². The van der Waals surface area contributed by atoms with Crippen LogP contribution in [0.3, 0.4) is 0 Å². The number of imidazole rings is 1. The molecule has 2 aromatic heterocycles. The number of carbonyl (C=O) groups is 1. The van der Waals surface area contributed by atoms with Gasteiger partial charge < -0.3 is 24.5 Å². The normalized spacial score (nSPS) is 15.1. The summed E-state index contributed by atoms with van der Waals surface area (Å²) < 4.78 is 8.39. The van der Waals surface area contributed by atoms with Crippen LogP contribution in [0.15, 0.2) is 91.6 Å². The van der Waals surface area contributed by atoms with Crippen molar-refractivity contribution in [3.05, 3.63) is 97.2 Å². The van der Waals surface area contributed by atoms with Crippen molar-refractivity contribution >= 4 is 28.2 Å². The van der Waals surface area contributed by atoms with Crippen LogP contribution in [0.4, 0.5) is 11.4 Å². The number of aromatic nitrogens is 3. The van der Waals surface area contributed by atoms with E-state index in [1.54, 1.807) is 6.20 Å². The van der Waals surface area contributed by atoms with Crippen molar-refractivity contribution in [3.63, 3.8) is 0 Å². The predicted octanol–water partition coefficient (Wildman–Crippen LogP) is 6.35. The Balaban J connectivity index is 1.31. The molecular weight excluding hydrogens is 474 g/mol. The van der Waals surface area contributed by atoms with Crippen LogP contribution < -0.4 is 15.0 Å². The number of nitrogens with one attached hydrogen (secondary N) is 2. The molecule has 0 bridgehead atoms. The van der Waals surface area contributed by atoms with Gasteiger partial charge in [0.1, 0.15) is 5.75 Å². The third-order valence-corrected chi connectivity index (χ3v) is 7.10. The number of hydrogen-bond acceptors (Lipinski definition) is 4. The van der Waals surface area contributed by atoms with Crippen LogP contribution in [0.25, 0.3) is 22.0 Å². The highest BCUT2D eigenvalue weighted by atomic mass is 16.5. The second-order valence-electron chi connectivity index (χ2n) is 9.80. The number of para-hydroxylation sites is 2. The molecule has 0 saturated carbocycles. The standard InChI is InChI=1S/C31H31N5O2/c1-22-12-16-36(29-6-3-2-5-28(29)34-22)31(37)25-7-9-26(23-8-10-27-24(19-23)11-13-33-27)30(20-25)38-18-4-15-35-17-14-32-21-35/h2-3,5-11,13-14,17,19-22,33-34H,4,12,15-16,18H2,1H3/t22-/m0/s1. The van der Waals surface area contributed by atoms with Crippen LogP contribution >= 0.6 is 0 Å². The molecule has 0 aliphatic carbocycles. The topological polar surface area (TPSA) is 75.2 Å². The Bertz CT molecular complexity index is 1560. The summed E-state index contributed by atoms with van der Waals surface area (Å²) in [6.07, 6.45) is 9.18. The van der Waals surface area contributed by atoms with Crippen LogP contribution in [-0.2, 0) is 6.54 Å². The third kappa shape index (κ3) is 4.87. The first-order valence-corrected chi connectivity index (χ1v) is 13.1. The number of hydrogen-bond donors (Lipinski definition) is 2. The number of nitrogens with zero attached hydrogens (tertiary/aromatic N) is 3. The summed E-state index contributed by atoms with van der Waals surface area (Å²) in [5, 5.41) is 4.67. The molecule has 38 heavy (non-hydrogen) atoms. The molecule has 2 N–H and O–H groups in total.